The molecule has 1 rings (SSSR count). The van der Waals surface area contributed by atoms with Crippen LogP contribution >= 0.6 is 0 Å². The number of allylic oxidation sites excluding steroid dienone is 1. The van der Waals surface area contributed by atoms with E-state index in [-0.39, 0.29) is 36.6 Å². The van der Waals surface area contributed by atoms with Crippen LogP contribution in [0.5, 0.6) is 0 Å². The van der Waals surface area contributed by atoms with Gasteiger partial charge in [0.05, 0.1) is 4.91 Å². The van der Waals surface area contributed by atoms with Gasteiger partial charge in [0.2, 0.25) is 0 Å². The van der Waals surface area contributed by atoms with E-state index in [0.29, 0.717) is 5.56 Å². The summed E-state index contributed by atoms with van der Waals surface area (Å²) in [4.78, 5) is 10.2. The Hall–Kier alpha value is -0.920. The molecule has 0 heterocycles. The van der Waals surface area contributed by atoms with E-state index in [1.807, 2.05) is 0 Å². The number of carboxylic acids is 1. The summed E-state index contributed by atoms with van der Waals surface area (Å²) in [5.41, 5.74) is 0.356. The number of hydrogen-bond donors (Lipinski definition) is 2. The maximum absolute atomic E-state index is 11.1. The third kappa shape index (κ3) is 6.17. The van der Waals surface area contributed by atoms with Crippen molar-refractivity contribution in [3.8, 4) is 0 Å². The predicted molar refractivity (Wildman–Crippen MR) is 68.5 cm³/mol. The van der Waals surface area contributed by atoms with Crippen LogP contribution in [-0.4, -0.2) is 24.0 Å². The largest absolute Gasteiger partial charge is 1.00 e. The number of rotatable bonds is 4. The molecular weight excluding hydrogens is 279 g/mol. The molecule has 0 aromatic heterocycles. The van der Waals surface area contributed by atoms with Gasteiger partial charge in [-0.25, -0.2) is 4.79 Å². The Balaban J connectivity index is 0. The van der Waals surface area contributed by atoms with Gasteiger partial charge in [0.25, 0.3) is 10.1 Å². The van der Waals surface area contributed by atoms with Crippen molar-refractivity contribution in [3.63, 3.8) is 0 Å². The molecular formula is C12H13NaO5S. The molecule has 0 aliphatic carbocycles. The van der Waals surface area contributed by atoms with E-state index in [1.54, 1.807) is 30.3 Å². The van der Waals surface area contributed by atoms with E-state index < -0.39 is 21.0 Å². The van der Waals surface area contributed by atoms with Crippen LogP contribution in [0.2, 0.25) is 0 Å². The Morgan fingerprint density at radius 1 is 1.26 bits per heavy atom. The van der Waals surface area contributed by atoms with Gasteiger partial charge in [-0.2, -0.15) is 8.42 Å². The molecule has 5 nitrogen and oxygen atoms in total. The molecule has 0 amide bonds. The topological polar surface area (TPSA) is 91.7 Å². The van der Waals surface area contributed by atoms with Gasteiger partial charge in [-0.15, -0.1) is 0 Å². The fraction of sp³-hybridized carbons (Fsp3) is 0.0833. The van der Waals surface area contributed by atoms with Gasteiger partial charge in [-0.3, -0.25) is 4.55 Å². The van der Waals surface area contributed by atoms with Gasteiger partial charge < -0.3 is 6.53 Å². The van der Waals surface area contributed by atoms with Crippen molar-refractivity contribution in [2.75, 3.05) is 0 Å². The van der Waals surface area contributed by atoms with E-state index in [0.717, 1.165) is 6.08 Å². The number of carbonyl (C=O) groups is 1. The average Bonchev–Trinajstić information content (AvgIpc) is 2.28. The minimum Gasteiger partial charge on any atom is -1.00 e. The Morgan fingerprint density at radius 3 is 2.21 bits per heavy atom. The van der Waals surface area contributed by atoms with E-state index in [2.05, 4.69) is 0 Å². The van der Waals surface area contributed by atoms with Crippen molar-refractivity contribution in [3.05, 3.63) is 52.4 Å². The molecule has 0 spiro atoms. The van der Waals surface area contributed by atoms with Crippen molar-refractivity contribution in [2.24, 2.45) is 0 Å². The maximum Gasteiger partial charge on any atom is 1.00 e. The molecule has 98 valence electrons. The Labute approximate surface area is 135 Å². The Morgan fingerprint density at radius 2 is 1.79 bits per heavy atom. The fourth-order valence-electron chi connectivity index (χ4n) is 1.18. The Kier molecular flexibility index (Phi) is 7.25. The van der Waals surface area contributed by atoms with Crippen molar-refractivity contribution >= 4 is 22.2 Å². The summed E-state index contributed by atoms with van der Waals surface area (Å²) in [5.74, 6) is -1.25. The smallest absolute Gasteiger partial charge is 1.00 e. The van der Waals surface area contributed by atoms with E-state index >= 15 is 0 Å². The fourth-order valence-corrected chi connectivity index (χ4v) is 1.79. The van der Waals surface area contributed by atoms with Gasteiger partial charge in [-0.1, -0.05) is 30.3 Å². The van der Waals surface area contributed by atoms with Crippen molar-refractivity contribution in [2.45, 2.75) is 6.92 Å². The maximum atomic E-state index is 11.1. The molecule has 0 aliphatic rings. The second kappa shape index (κ2) is 7.62. The second-order valence-corrected chi connectivity index (χ2v) is 4.99. The molecule has 0 aliphatic heterocycles. The molecule has 1 aromatic rings. The predicted octanol–water partition coefficient (Wildman–Crippen LogP) is -0.937. The van der Waals surface area contributed by atoms with Crippen LogP contribution in [0.15, 0.2) is 46.9 Å². The SMILES string of the molecule is CC(=CC(=Cc1ccccc1)S(=O)(=O)O)C(=O)O.[H-].[Na+]. The zero-order valence-corrected chi connectivity index (χ0v) is 13.4. The minimum atomic E-state index is -4.47. The first kappa shape index (κ1) is 18.1. The second-order valence-electron chi connectivity index (χ2n) is 3.56. The van der Waals surface area contributed by atoms with Crippen molar-refractivity contribution in [1.82, 2.24) is 0 Å². The molecule has 0 radical (unpaired) electrons. The monoisotopic (exact) mass is 292 g/mol. The molecule has 2 N–H and O–H groups in total. The molecule has 0 saturated heterocycles. The summed E-state index contributed by atoms with van der Waals surface area (Å²) in [6.45, 7) is 1.24. The normalized spacial score (nSPS) is 12.7. The van der Waals surface area contributed by atoms with Crippen LogP contribution in [0.3, 0.4) is 0 Å². The van der Waals surface area contributed by atoms with Crippen LogP contribution in [-0.2, 0) is 14.9 Å². The number of carboxylic acid groups (broad SMARTS) is 1. The molecule has 1 aromatic carbocycles. The summed E-state index contributed by atoms with van der Waals surface area (Å²) >= 11 is 0. The quantitative estimate of drug-likeness (QED) is 0.323. The van der Waals surface area contributed by atoms with Gasteiger partial charge >= 0.3 is 35.5 Å². The molecule has 0 unspecified atom stereocenters. The van der Waals surface area contributed by atoms with E-state index in [1.165, 1.54) is 13.0 Å². The van der Waals surface area contributed by atoms with E-state index in [4.69, 9.17) is 9.66 Å². The molecule has 19 heavy (non-hydrogen) atoms. The van der Waals surface area contributed by atoms with Crippen LogP contribution in [0, 0.1) is 0 Å². The average molecular weight is 292 g/mol. The summed E-state index contributed by atoms with van der Waals surface area (Å²) < 4.78 is 31.3. The van der Waals surface area contributed by atoms with Crippen molar-refractivity contribution in [1.29, 1.82) is 0 Å². The van der Waals surface area contributed by atoms with E-state index in [9.17, 15) is 13.2 Å². The third-order valence-corrected chi connectivity index (χ3v) is 2.93. The van der Waals surface area contributed by atoms with Gasteiger partial charge in [0.15, 0.2) is 0 Å². The summed E-state index contributed by atoms with van der Waals surface area (Å²) in [6, 6.07) is 8.41. The third-order valence-electron chi connectivity index (χ3n) is 2.10. The van der Waals surface area contributed by atoms with Crippen LogP contribution in [0.4, 0.5) is 0 Å². The van der Waals surface area contributed by atoms with Crippen LogP contribution in [0.1, 0.15) is 13.9 Å². The summed E-state index contributed by atoms with van der Waals surface area (Å²) in [7, 11) is -4.47. The van der Waals surface area contributed by atoms with Crippen molar-refractivity contribution < 1.29 is 53.9 Å². The van der Waals surface area contributed by atoms with Gasteiger partial charge in [0, 0.05) is 5.57 Å². The molecule has 0 saturated carbocycles. The van der Waals surface area contributed by atoms with Crippen LogP contribution in [0.25, 0.3) is 6.08 Å². The number of benzene rings is 1. The first-order valence-electron chi connectivity index (χ1n) is 4.96. The van der Waals surface area contributed by atoms with Gasteiger partial charge in [0.1, 0.15) is 0 Å². The zero-order valence-electron chi connectivity index (χ0n) is 11.6. The number of aliphatic carboxylic acids is 1. The first-order chi connectivity index (χ1) is 8.30. The first-order valence-corrected chi connectivity index (χ1v) is 6.40. The standard InChI is InChI=1S/C12H12O5S.Na.H/c1-9(12(13)14)7-11(18(15,16)17)8-10-5-3-2-4-6-10;;/h2-8H,1H3,(H,13,14)(H,15,16,17);;/q;+1;-1. The zero-order chi connectivity index (χ0) is 13.8. The number of hydrogen-bond acceptors (Lipinski definition) is 3. The van der Waals surface area contributed by atoms with Gasteiger partial charge in [-0.05, 0) is 24.6 Å². The molecule has 0 atom stereocenters. The summed E-state index contributed by atoms with van der Waals surface area (Å²) in [5, 5.41) is 8.69. The Bertz CT molecular complexity index is 608. The van der Waals surface area contributed by atoms with Crippen LogP contribution < -0.4 is 29.6 Å². The molecule has 0 fully saturated rings. The molecule has 0 bridgehead atoms. The molecule has 7 heteroatoms. The minimum absolute atomic E-state index is 0. The summed E-state index contributed by atoms with van der Waals surface area (Å²) in [6.07, 6.45) is 2.10.